The Morgan fingerprint density at radius 2 is 1.95 bits per heavy atom. The summed E-state index contributed by atoms with van der Waals surface area (Å²) in [6, 6.07) is 0.365. The summed E-state index contributed by atoms with van der Waals surface area (Å²) in [5, 5.41) is 3.45. The van der Waals surface area contributed by atoms with Crippen molar-refractivity contribution < 1.29 is 13.2 Å². The van der Waals surface area contributed by atoms with Crippen LogP contribution in [0.1, 0.15) is 41.0 Å². The predicted octanol–water partition coefficient (Wildman–Crippen LogP) is 1.11. The van der Waals surface area contributed by atoms with Gasteiger partial charge in [0.1, 0.15) is 0 Å². The topological polar surface area (TPSA) is 67.4 Å². The van der Waals surface area contributed by atoms with Gasteiger partial charge in [-0.1, -0.05) is 13.8 Å². The summed E-state index contributed by atoms with van der Waals surface area (Å²) in [6.07, 6.45) is 2.46. The minimum Gasteiger partial charge on any atom is -0.378 e. The molecule has 2 N–H and O–H groups in total. The van der Waals surface area contributed by atoms with E-state index in [-0.39, 0.29) is 5.41 Å². The minimum absolute atomic E-state index is 0.0944. The molecule has 1 fully saturated rings. The largest absolute Gasteiger partial charge is 0.378 e. The second-order valence-corrected chi connectivity index (χ2v) is 8.44. The molecule has 1 rings (SSSR count). The van der Waals surface area contributed by atoms with Crippen LogP contribution in [0.5, 0.6) is 0 Å². The third-order valence-corrected chi connectivity index (χ3v) is 4.72. The lowest BCUT2D eigenvalue weighted by Gasteiger charge is -2.52. The summed E-state index contributed by atoms with van der Waals surface area (Å²) >= 11 is 0. The lowest BCUT2D eigenvalue weighted by Crippen LogP contribution is -2.63. The summed E-state index contributed by atoms with van der Waals surface area (Å²) in [5.41, 5.74) is -0.391. The SMILES string of the molecule is CCOC1CC(NCC(C)(C)NS(C)(=O)=O)C1(C)C. The summed E-state index contributed by atoms with van der Waals surface area (Å²) in [6.45, 7) is 11.5. The van der Waals surface area contributed by atoms with Gasteiger partial charge in [0, 0.05) is 30.1 Å². The second-order valence-electron chi connectivity index (χ2n) is 6.69. The third-order valence-electron chi connectivity index (χ3n) is 3.80. The van der Waals surface area contributed by atoms with Crippen molar-refractivity contribution in [1.29, 1.82) is 0 Å². The first-order valence-corrected chi connectivity index (χ1v) is 8.71. The monoisotopic (exact) mass is 292 g/mol. The van der Waals surface area contributed by atoms with Crippen LogP contribution in [-0.2, 0) is 14.8 Å². The van der Waals surface area contributed by atoms with Crippen molar-refractivity contribution in [2.45, 2.75) is 58.7 Å². The van der Waals surface area contributed by atoms with Crippen molar-refractivity contribution in [2.24, 2.45) is 5.41 Å². The molecule has 1 aliphatic carbocycles. The van der Waals surface area contributed by atoms with Crippen LogP contribution < -0.4 is 10.0 Å². The highest BCUT2D eigenvalue weighted by Crippen LogP contribution is 2.42. The minimum atomic E-state index is -3.18. The summed E-state index contributed by atoms with van der Waals surface area (Å²) in [7, 11) is -3.18. The van der Waals surface area contributed by atoms with E-state index in [4.69, 9.17) is 4.74 Å². The number of hydrogen-bond donors (Lipinski definition) is 2. The lowest BCUT2D eigenvalue weighted by atomic mass is 9.64. The van der Waals surface area contributed by atoms with Gasteiger partial charge in [-0.3, -0.25) is 0 Å². The van der Waals surface area contributed by atoms with Crippen LogP contribution in [0.3, 0.4) is 0 Å². The normalized spacial score (nSPS) is 27.1. The van der Waals surface area contributed by atoms with Gasteiger partial charge in [0.25, 0.3) is 0 Å². The maximum absolute atomic E-state index is 11.3. The van der Waals surface area contributed by atoms with Gasteiger partial charge in [-0.15, -0.1) is 0 Å². The molecule has 0 aromatic heterocycles. The van der Waals surface area contributed by atoms with Gasteiger partial charge in [-0.05, 0) is 27.2 Å². The van der Waals surface area contributed by atoms with Crippen molar-refractivity contribution in [2.75, 3.05) is 19.4 Å². The van der Waals surface area contributed by atoms with E-state index in [2.05, 4.69) is 23.9 Å². The van der Waals surface area contributed by atoms with Crippen molar-refractivity contribution in [1.82, 2.24) is 10.0 Å². The fourth-order valence-electron chi connectivity index (χ4n) is 2.63. The second kappa shape index (κ2) is 5.68. The zero-order valence-corrected chi connectivity index (χ0v) is 13.7. The maximum Gasteiger partial charge on any atom is 0.209 e. The van der Waals surface area contributed by atoms with Gasteiger partial charge in [0.15, 0.2) is 0 Å². The Morgan fingerprint density at radius 3 is 2.37 bits per heavy atom. The molecular weight excluding hydrogens is 264 g/mol. The predicted molar refractivity (Wildman–Crippen MR) is 77.7 cm³/mol. The molecule has 0 heterocycles. The van der Waals surface area contributed by atoms with Gasteiger partial charge in [-0.25, -0.2) is 13.1 Å². The maximum atomic E-state index is 11.3. The molecule has 0 aromatic rings. The average molecular weight is 292 g/mol. The molecule has 1 aliphatic rings. The molecule has 114 valence electrons. The molecule has 0 aliphatic heterocycles. The highest BCUT2D eigenvalue weighted by Gasteiger charge is 2.48. The molecule has 0 aromatic carbocycles. The van der Waals surface area contributed by atoms with Gasteiger partial charge in [0.05, 0.1) is 12.4 Å². The van der Waals surface area contributed by atoms with E-state index in [0.717, 1.165) is 13.0 Å². The van der Waals surface area contributed by atoms with Crippen LogP contribution in [0, 0.1) is 5.41 Å². The smallest absolute Gasteiger partial charge is 0.209 e. The first-order chi connectivity index (χ1) is 8.48. The summed E-state index contributed by atoms with van der Waals surface area (Å²) in [5.74, 6) is 0. The van der Waals surface area contributed by atoms with E-state index in [1.807, 2.05) is 20.8 Å². The van der Waals surface area contributed by atoms with E-state index in [9.17, 15) is 8.42 Å². The molecule has 5 nitrogen and oxygen atoms in total. The molecular formula is C13H28N2O3S. The standard InChI is InChI=1S/C13H28N2O3S/c1-7-18-11-8-10(13(11,4)5)14-9-12(2,3)15-19(6,16)17/h10-11,14-15H,7-9H2,1-6H3. The Labute approximate surface area is 117 Å². The Kier molecular flexibility index (Phi) is 5.04. The molecule has 0 spiro atoms. The number of rotatable bonds is 7. The molecule has 6 heteroatoms. The Hall–Kier alpha value is -0.170. The molecule has 0 amide bonds. The molecule has 2 unspecified atom stereocenters. The Bertz CT molecular complexity index is 404. The zero-order valence-electron chi connectivity index (χ0n) is 12.9. The molecule has 19 heavy (non-hydrogen) atoms. The number of hydrogen-bond acceptors (Lipinski definition) is 4. The van der Waals surface area contributed by atoms with E-state index in [0.29, 0.717) is 18.7 Å². The van der Waals surface area contributed by atoms with E-state index < -0.39 is 15.6 Å². The van der Waals surface area contributed by atoms with Crippen LogP contribution in [-0.4, -0.2) is 45.5 Å². The van der Waals surface area contributed by atoms with Crippen molar-refractivity contribution in [3.05, 3.63) is 0 Å². The van der Waals surface area contributed by atoms with Gasteiger partial charge < -0.3 is 10.1 Å². The van der Waals surface area contributed by atoms with E-state index >= 15 is 0 Å². The van der Waals surface area contributed by atoms with Crippen molar-refractivity contribution in [3.8, 4) is 0 Å². The molecule has 1 saturated carbocycles. The van der Waals surface area contributed by atoms with E-state index in [1.165, 1.54) is 6.26 Å². The highest BCUT2D eigenvalue weighted by atomic mass is 32.2. The Morgan fingerprint density at radius 1 is 1.37 bits per heavy atom. The molecule has 0 radical (unpaired) electrons. The van der Waals surface area contributed by atoms with Crippen LogP contribution in [0.4, 0.5) is 0 Å². The van der Waals surface area contributed by atoms with Crippen molar-refractivity contribution >= 4 is 10.0 Å². The Balaban J connectivity index is 2.46. The lowest BCUT2D eigenvalue weighted by molar-refractivity contribution is -0.114. The number of ether oxygens (including phenoxy) is 1. The number of nitrogens with one attached hydrogen (secondary N) is 2. The van der Waals surface area contributed by atoms with Crippen LogP contribution in [0.2, 0.25) is 0 Å². The van der Waals surface area contributed by atoms with Crippen LogP contribution in [0.15, 0.2) is 0 Å². The average Bonchev–Trinajstić information content (AvgIpc) is 2.18. The van der Waals surface area contributed by atoms with E-state index in [1.54, 1.807) is 0 Å². The van der Waals surface area contributed by atoms with Crippen molar-refractivity contribution in [3.63, 3.8) is 0 Å². The molecule has 2 atom stereocenters. The van der Waals surface area contributed by atoms with Crippen LogP contribution in [0.25, 0.3) is 0 Å². The molecule has 0 saturated heterocycles. The fourth-order valence-corrected chi connectivity index (χ4v) is 3.71. The van der Waals surface area contributed by atoms with Gasteiger partial charge >= 0.3 is 0 Å². The highest BCUT2D eigenvalue weighted by molar-refractivity contribution is 7.88. The molecule has 0 bridgehead atoms. The fraction of sp³-hybridized carbons (Fsp3) is 1.00. The zero-order chi connectivity index (χ0) is 14.9. The first kappa shape index (κ1) is 16.9. The quantitative estimate of drug-likeness (QED) is 0.737. The van der Waals surface area contributed by atoms with Crippen LogP contribution >= 0.6 is 0 Å². The summed E-state index contributed by atoms with van der Waals surface area (Å²) < 4.78 is 30.9. The third kappa shape index (κ3) is 4.70. The van der Waals surface area contributed by atoms with Gasteiger partial charge in [0.2, 0.25) is 10.0 Å². The first-order valence-electron chi connectivity index (χ1n) is 6.82. The summed E-state index contributed by atoms with van der Waals surface area (Å²) in [4.78, 5) is 0. The number of sulfonamides is 1. The van der Waals surface area contributed by atoms with Gasteiger partial charge in [-0.2, -0.15) is 0 Å².